The summed E-state index contributed by atoms with van der Waals surface area (Å²) in [5.41, 5.74) is 2.50. The second kappa shape index (κ2) is 6.70. The molecular weight excluding hydrogens is 262 g/mol. The number of aromatic nitrogens is 1. The molecule has 1 N–H and O–H groups in total. The van der Waals surface area contributed by atoms with Crippen LogP contribution in [0, 0.1) is 0 Å². The first-order valence-corrected chi connectivity index (χ1v) is 7.36. The van der Waals surface area contributed by atoms with Crippen LogP contribution < -0.4 is 10.1 Å². The molecule has 2 heterocycles. The van der Waals surface area contributed by atoms with Crippen LogP contribution in [0.5, 0.6) is 5.88 Å². The lowest BCUT2D eigenvalue weighted by molar-refractivity contribution is 0.152. The average Bonchev–Trinajstić information content (AvgIpc) is 2.57. The molecule has 0 radical (unpaired) electrons. The molecule has 0 spiro atoms. The number of hydrogen-bond acceptors (Lipinski definition) is 4. The molecule has 2 aromatic rings. The minimum Gasteiger partial charge on any atom is -0.481 e. The van der Waals surface area contributed by atoms with Gasteiger partial charge in [0.2, 0.25) is 5.88 Å². The molecule has 1 atom stereocenters. The molecule has 1 unspecified atom stereocenters. The van der Waals surface area contributed by atoms with Gasteiger partial charge < -0.3 is 10.1 Å². The second-order valence-electron chi connectivity index (χ2n) is 5.27. The number of benzene rings is 1. The summed E-state index contributed by atoms with van der Waals surface area (Å²) >= 11 is 0. The molecule has 1 aliphatic heterocycles. The fourth-order valence-corrected chi connectivity index (χ4v) is 2.89. The third-order valence-corrected chi connectivity index (χ3v) is 3.96. The smallest absolute Gasteiger partial charge is 0.217 e. The Bertz CT molecular complexity index is 573. The minimum atomic E-state index is 0.393. The van der Waals surface area contributed by atoms with Gasteiger partial charge in [0.15, 0.2) is 0 Å². The molecule has 0 amide bonds. The van der Waals surface area contributed by atoms with Crippen LogP contribution in [0.1, 0.15) is 17.2 Å². The van der Waals surface area contributed by atoms with E-state index in [0.29, 0.717) is 6.04 Å². The fourth-order valence-electron chi connectivity index (χ4n) is 2.89. The number of methoxy groups -OCH3 is 1. The van der Waals surface area contributed by atoms with E-state index >= 15 is 0 Å². The Morgan fingerprint density at radius 3 is 2.90 bits per heavy atom. The zero-order valence-corrected chi connectivity index (χ0v) is 12.3. The highest BCUT2D eigenvalue weighted by molar-refractivity contribution is 5.26. The van der Waals surface area contributed by atoms with Gasteiger partial charge in [-0.15, -0.1) is 0 Å². The van der Waals surface area contributed by atoms with E-state index in [0.717, 1.165) is 37.6 Å². The molecule has 1 fully saturated rings. The number of pyridine rings is 1. The maximum atomic E-state index is 5.37. The van der Waals surface area contributed by atoms with Gasteiger partial charge in [0.1, 0.15) is 0 Å². The summed E-state index contributed by atoms with van der Waals surface area (Å²) < 4.78 is 5.37. The number of piperazine rings is 1. The Morgan fingerprint density at radius 1 is 1.24 bits per heavy atom. The van der Waals surface area contributed by atoms with Crippen molar-refractivity contribution >= 4 is 0 Å². The third kappa shape index (κ3) is 3.23. The van der Waals surface area contributed by atoms with Gasteiger partial charge in [-0.05, 0) is 11.6 Å². The van der Waals surface area contributed by atoms with Crippen LogP contribution in [0.3, 0.4) is 0 Å². The Labute approximate surface area is 125 Å². The zero-order chi connectivity index (χ0) is 14.5. The molecule has 0 saturated carbocycles. The molecule has 1 saturated heterocycles. The summed E-state index contributed by atoms with van der Waals surface area (Å²) in [6.07, 6.45) is 1.77. The van der Waals surface area contributed by atoms with Gasteiger partial charge in [-0.2, -0.15) is 0 Å². The van der Waals surface area contributed by atoms with Crippen molar-refractivity contribution in [1.82, 2.24) is 15.2 Å². The maximum absolute atomic E-state index is 5.37. The van der Waals surface area contributed by atoms with Crippen LogP contribution in [0.25, 0.3) is 0 Å². The second-order valence-corrected chi connectivity index (χ2v) is 5.27. The number of nitrogens with zero attached hydrogens (tertiary/aromatic N) is 2. The van der Waals surface area contributed by atoms with Crippen LogP contribution in [0.4, 0.5) is 0 Å². The molecule has 4 heteroatoms. The van der Waals surface area contributed by atoms with Crippen LogP contribution in [-0.2, 0) is 6.54 Å². The van der Waals surface area contributed by atoms with Gasteiger partial charge in [-0.25, -0.2) is 4.98 Å². The predicted octanol–water partition coefficient (Wildman–Crippen LogP) is 2.24. The highest BCUT2D eigenvalue weighted by atomic mass is 16.5. The first-order valence-electron chi connectivity index (χ1n) is 7.36. The van der Waals surface area contributed by atoms with Crippen molar-refractivity contribution in [3.8, 4) is 5.88 Å². The van der Waals surface area contributed by atoms with E-state index in [1.165, 1.54) is 5.56 Å². The maximum Gasteiger partial charge on any atom is 0.217 e. The van der Waals surface area contributed by atoms with E-state index in [2.05, 4.69) is 51.6 Å². The highest BCUT2D eigenvalue weighted by Crippen LogP contribution is 2.26. The van der Waals surface area contributed by atoms with Crippen molar-refractivity contribution in [2.24, 2.45) is 0 Å². The van der Waals surface area contributed by atoms with Gasteiger partial charge >= 0.3 is 0 Å². The van der Waals surface area contributed by atoms with E-state index in [-0.39, 0.29) is 0 Å². The van der Waals surface area contributed by atoms with Crippen LogP contribution >= 0.6 is 0 Å². The topological polar surface area (TPSA) is 37.4 Å². The van der Waals surface area contributed by atoms with Gasteiger partial charge in [-0.3, -0.25) is 4.90 Å². The largest absolute Gasteiger partial charge is 0.481 e. The van der Waals surface area contributed by atoms with Crippen LogP contribution in [0.15, 0.2) is 48.7 Å². The fraction of sp³-hybridized carbons (Fsp3) is 0.353. The van der Waals surface area contributed by atoms with E-state index in [1.807, 2.05) is 6.07 Å². The van der Waals surface area contributed by atoms with Crippen molar-refractivity contribution in [3.05, 3.63) is 59.8 Å². The zero-order valence-electron chi connectivity index (χ0n) is 12.3. The Kier molecular flexibility index (Phi) is 4.48. The lowest BCUT2D eigenvalue weighted by atomic mass is 10.0. The molecule has 110 valence electrons. The standard InChI is InChI=1S/C17H21N3O/c1-21-17-15(8-5-9-19-17)13-20-11-10-18-12-16(20)14-6-3-2-4-7-14/h2-9,16,18H,10-13H2,1H3. The normalized spacial score (nSPS) is 19.4. The predicted molar refractivity (Wildman–Crippen MR) is 83.3 cm³/mol. The van der Waals surface area contributed by atoms with Crippen molar-refractivity contribution in [2.75, 3.05) is 26.7 Å². The number of ether oxygens (including phenoxy) is 1. The molecule has 3 rings (SSSR count). The summed E-state index contributed by atoms with van der Waals surface area (Å²) in [5, 5.41) is 3.49. The summed E-state index contributed by atoms with van der Waals surface area (Å²) in [6, 6.07) is 15.1. The highest BCUT2D eigenvalue weighted by Gasteiger charge is 2.24. The van der Waals surface area contributed by atoms with Crippen molar-refractivity contribution < 1.29 is 4.74 Å². The molecule has 0 bridgehead atoms. The monoisotopic (exact) mass is 283 g/mol. The Morgan fingerprint density at radius 2 is 2.10 bits per heavy atom. The van der Waals surface area contributed by atoms with Crippen molar-refractivity contribution in [3.63, 3.8) is 0 Å². The summed E-state index contributed by atoms with van der Waals surface area (Å²) in [4.78, 5) is 6.79. The van der Waals surface area contributed by atoms with E-state index in [4.69, 9.17) is 4.74 Å². The first kappa shape index (κ1) is 14.0. The average molecular weight is 283 g/mol. The SMILES string of the molecule is COc1ncccc1CN1CCNCC1c1ccccc1. The van der Waals surface area contributed by atoms with E-state index < -0.39 is 0 Å². The summed E-state index contributed by atoms with van der Waals surface area (Å²) in [5.74, 6) is 0.725. The lowest BCUT2D eigenvalue weighted by Gasteiger charge is -2.36. The van der Waals surface area contributed by atoms with Crippen LogP contribution in [0.2, 0.25) is 0 Å². The molecule has 21 heavy (non-hydrogen) atoms. The Hall–Kier alpha value is -1.91. The van der Waals surface area contributed by atoms with Crippen molar-refractivity contribution in [1.29, 1.82) is 0 Å². The molecule has 1 aromatic heterocycles. The minimum absolute atomic E-state index is 0.393. The molecule has 0 aliphatic carbocycles. The van der Waals surface area contributed by atoms with Gasteiger partial charge in [0, 0.05) is 44.0 Å². The molecule has 1 aromatic carbocycles. The molecular formula is C17H21N3O. The summed E-state index contributed by atoms with van der Waals surface area (Å²) in [7, 11) is 1.68. The third-order valence-electron chi connectivity index (χ3n) is 3.96. The number of hydrogen-bond donors (Lipinski definition) is 1. The molecule has 1 aliphatic rings. The first-order chi connectivity index (χ1) is 10.4. The van der Waals surface area contributed by atoms with Gasteiger partial charge in [0.25, 0.3) is 0 Å². The molecule has 4 nitrogen and oxygen atoms in total. The van der Waals surface area contributed by atoms with Crippen molar-refractivity contribution in [2.45, 2.75) is 12.6 Å². The quantitative estimate of drug-likeness (QED) is 0.934. The number of rotatable bonds is 4. The summed E-state index contributed by atoms with van der Waals surface area (Å²) in [6.45, 7) is 3.88. The van der Waals surface area contributed by atoms with Gasteiger partial charge in [-0.1, -0.05) is 36.4 Å². The Balaban J connectivity index is 1.82. The number of nitrogens with one attached hydrogen (secondary N) is 1. The lowest BCUT2D eigenvalue weighted by Crippen LogP contribution is -2.45. The van der Waals surface area contributed by atoms with Gasteiger partial charge in [0.05, 0.1) is 7.11 Å². The van der Waals surface area contributed by atoms with E-state index in [9.17, 15) is 0 Å². The van der Waals surface area contributed by atoms with Crippen LogP contribution in [-0.4, -0.2) is 36.6 Å². The van der Waals surface area contributed by atoms with E-state index in [1.54, 1.807) is 13.3 Å².